The fourth-order valence-electron chi connectivity index (χ4n) is 7.75. The quantitative estimate of drug-likeness (QED) is 0.548. The molecule has 130 valence electrons. The maximum Gasteiger partial charge on any atom is 0.312 e. The molecule has 0 aromatic carbocycles. The lowest BCUT2D eigenvalue weighted by molar-refractivity contribution is -0.218. The number of hydrogen-bond acceptors (Lipinski definition) is 4. The largest absolute Gasteiger partial charge is 0.459 e. The smallest absolute Gasteiger partial charge is 0.312 e. The number of aliphatic hydroxyl groups is 1. The average molecular weight is 330 g/mol. The van der Waals surface area contributed by atoms with Gasteiger partial charge in [0.25, 0.3) is 0 Å². The van der Waals surface area contributed by atoms with Crippen molar-refractivity contribution in [2.75, 3.05) is 0 Å². The molecule has 4 nitrogen and oxygen atoms in total. The van der Waals surface area contributed by atoms with Crippen LogP contribution >= 0.6 is 0 Å². The summed E-state index contributed by atoms with van der Waals surface area (Å²) in [4.78, 5) is 25.4. The summed E-state index contributed by atoms with van der Waals surface area (Å²) in [5.74, 6) is 0.219. The van der Waals surface area contributed by atoms with Crippen molar-refractivity contribution >= 4 is 11.8 Å². The van der Waals surface area contributed by atoms with Gasteiger partial charge in [0.1, 0.15) is 11.9 Å². The normalized spacial score (nSPS) is 58.3. The number of carbonyl (C=O) groups is 2. The number of Topliss-reactive ketones (excluding diaryl/α,β-unsaturated/α-hetero) is 1. The Morgan fingerprint density at radius 1 is 1.25 bits per heavy atom. The molecule has 0 amide bonds. The fraction of sp³-hybridized carbons (Fsp3) is 0.800. The lowest BCUT2D eigenvalue weighted by Gasteiger charge is -2.63. The highest BCUT2D eigenvalue weighted by molar-refractivity contribution is 5.87. The van der Waals surface area contributed by atoms with E-state index in [1.54, 1.807) is 0 Å². The van der Waals surface area contributed by atoms with Gasteiger partial charge in [0.15, 0.2) is 0 Å². The van der Waals surface area contributed by atoms with E-state index in [1.165, 1.54) is 0 Å². The van der Waals surface area contributed by atoms with E-state index in [1.807, 2.05) is 6.92 Å². The van der Waals surface area contributed by atoms with Crippen molar-refractivity contribution in [2.24, 2.45) is 34.0 Å². The van der Waals surface area contributed by atoms with Crippen molar-refractivity contribution in [3.05, 3.63) is 12.2 Å². The second-order valence-corrected chi connectivity index (χ2v) is 9.62. The predicted octanol–water partition coefficient (Wildman–Crippen LogP) is 2.64. The van der Waals surface area contributed by atoms with Crippen molar-refractivity contribution in [1.82, 2.24) is 0 Å². The van der Waals surface area contributed by atoms with Crippen LogP contribution in [-0.4, -0.2) is 29.1 Å². The molecule has 5 rings (SSSR count). The Morgan fingerprint density at radius 3 is 2.75 bits per heavy atom. The molecule has 5 fully saturated rings. The number of ketones is 1. The van der Waals surface area contributed by atoms with Crippen LogP contribution in [0.5, 0.6) is 0 Å². The molecule has 5 aliphatic rings. The van der Waals surface area contributed by atoms with Gasteiger partial charge in [-0.05, 0) is 43.9 Å². The molecule has 0 radical (unpaired) electrons. The van der Waals surface area contributed by atoms with E-state index >= 15 is 0 Å². The second kappa shape index (κ2) is 4.14. The number of esters is 1. The van der Waals surface area contributed by atoms with E-state index in [0.29, 0.717) is 25.0 Å². The summed E-state index contributed by atoms with van der Waals surface area (Å²) in [5.41, 5.74) is 0.0323. The average Bonchev–Trinajstić information content (AvgIpc) is 2.96. The predicted molar refractivity (Wildman–Crippen MR) is 86.9 cm³/mol. The van der Waals surface area contributed by atoms with Gasteiger partial charge in [-0.15, -0.1) is 0 Å². The Hall–Kier alpha value is -1.16. The topological polar surface area (TPSA) is 63.6 Å². The van der Waals surface area contributed by atoms with Gasteiger partial charge in [0, 0.05) is 23.7 Å². The van der Waals surface area contributed by atoms with Crippen LogP contribution < -0.4 is 0 Å². The number of ether oxygens (including phenoxy) is 1. The number of carbonyl (C=O) groups excluding carboxylic acids is 2. The Balaban J connectivity index is 1.71. The number of rotatable bonds is 0. The molecule has 2 bridgehead atoms. The molecule has 1 aliphatic heterocycles. The summed E-state index contributed by atoms with van der Waals surface area (Å²) < 4.78 is 5.81. The lowest BCUT2D eigenvalue weighted by Crippen LogP contribution is -2.66. The SMILES string of the molecule is C=C1C[C@]23C[C@H]1C(=O)C[C@H]2[C@]1(C)CCC[C@@]2(C)C(=O)O[C@@H]([C@@H]3O)[C@@H]12. The van der Waals surface area contributed by atoms with Crippen molar-refractivity contribution < 1.29 is 19.4 Å². The minimum atomic E-state index is -0.667. The maximum atomic E-state index is 12.7. The third-order valence-corrected chi connectivity index (χ3v) is 8.66. The van der Waals surface area contributed by atoms with Gasteiger partial charge in [-0.1, -0.05) is 25.5 Å². The Kier molecular flexibility index (Phi) is 2.61. The Labute approximate surface area is 142 Å². The maximum absolute atomic E-state index is 12.7. The van der Waals surface area contributed by atoms with E-state index in [2.05, 4.69) is 13.5 Å². The minimum absolute atomic E-state index is 0.0232. The first-order valence-electron chi connectivity index (χ1n) is 9.34. The first-order chi connectivity index (χ1) is 11.2. The summed E-state index contributed by atoms with van der Waals surface area (Å²) >= 11 is 0. The molecule has 0 aromatic rings. The highest BCUT2D eigenvalue weighted by Gasteiger charge is 2.75. The molecule has 4 heteroatoms. The van der Waals surface area contributed by atoms with Gasteiger partial charge in [-0.25, -0.2) is 0 Å². The van der Waals surface area contributed by atoms with Gasteiger partial charge in [-0.2, -0.15) is 0 Å². The monoisotopic (exact) mass is 330 g/mol. The van der Waals surface area contributed by atoms with Gasteiger partial charge < -0.3 is 9.84 Å². The van der Waals surface area contributed by atoms with E-state index in [0.717, 1.165) is 24.8 Å². The zero-order valence-corrected chi connectivity index (χ0v) is 14.5. The first kappa shape index (κ1) is 15.1. The number of hydrogen-bond donors (Lipinski definition) is 1. The van der Waals surface area contributed by atoms with Crippen molar-refractivity contribution in [1.29, 1.82) is 0 Å². The molecular formula is C20H26O4. The van der Waals surface area contributed by atoms with Crippen LogP contribution in [0.4, 0.5) is 0 Å². The number of fused-ring (bicyclic) bond motifs is 2. The third kappa shape index (κ3) is 1.39. The highest BCUT2D eigenvalue weighted by Crippen LogP contribution is 2.73. The summed E-state index contributed by atoms with van der Waals surface area (Å²) in [6.07, 6.45) is 3.70. The summed E-state index contributed by atoms with van der Waals surface area (Å²) in [6.45, 7) is 8.42. The van der Waals surface area contributed by atoms with Crippen molar-refractivity contribution in [2.45, 2.75) is 64.6 Å². The van der Waals surface area contributed by atoms with Crippen molar-refractivity contribution in [3.63, 3.8) is 0 Å². The lowest BCUT2D eigenvalue weighted by atomic mass is 9.40. The Morgan fingerprint density at radius 2 is 2.00 bits per heavy atom. The molecular weight excluding hydrogens is 304 g/mol. The van der Waals surface area contributed by atoms with Crippen LogP contribution in [-0.2, 0) is 14.3 Å². The van der Waals surface area contributed by atoms with Gasteiger partial charge in [-0.3, -0.25) is 9.59 Å². The fourth-order valence-corrected chi connectivity index (χ4v) is 7.75. The molecule has 1 N–H and O–H groups in total. The molecule has 1 heterocycles. The van der Waals surface area contributed by atoms with Crippen LogP contribution in [0.15, 0.2) is 12.2 Å². The minimum Gasteiger partial charge on any atom is -0.459 e. The van der Waals surface area contributed by atoms with Crippen LogP contribution in [0, 0.1) is 34.0 Å². The number of aliphatic hydroxyl groups excluding tert-OH is 1. The molecule has 24 heavy (non-hydrogen) atoms. The zero-order chi connectivity index (χ0) is 17.1. The molecule has 8 atom stereocenters. The molecule has 1 spiro atoms. The number of allylic oxidation sites excluding steroid dienone is 1. The summed E-state index contributed by atoms with van der Waals surface area (Å²) in [7, 11) is 0. The molecule has 4 aliphatic carbocycles. The summed E-state index contributed by atoms with van der Waals surface area (Å²) in [6, 6.07) is 0. The third-order valence-electron chi connectivity index (χ3n) is 8.66. The summed E-state index contributed by atoms with van der Waals surface area (Å²) in [5, 5.41) is 11.3. The highest BCUT2D eigenvalue weighted by atomic mass is 16.6. The molecule has 4 saturated carbocycles. The standard InChI is InChI=1S/C20H26O4/c1-10-8-20-9-11(10)12(21)7-13(20)18(2)5-4-6-19(3)15(18)14(16(20)22)24-17(19)23/h11,13-16,22H,1,4-9H2,2-3H3/t11-,13+,14-,15+,16+,18+,19-,20+/m1/s1. The first-order valence-corrected chi connectivity index (χ1v) is 9.34. The van der Waals surface area contributed by atoms with E-state index in [-0.39, 0.29) is 34.6 Å². The van der Waals surface area contributed by atoms with E-state index in [4.69, 9.17) is 4.74 Å². The molecule has 0 unspecified atom stereocenters. The molecule has 1 saturated heterocycles. The van der Waals surface area contributed by atoms with Gasteiger partial charge >= 0.3 is 5.97 Å². The van der Waals surface area contributed by atoms with Crippen LogP contribution in [0.1, 0.15) is 52.4 Å². The van der Waals surface area contributed by atoms with Gasteiger partial charge in [0.2, 0.25) is 0 Å². The van der Waals surface area contributed by atoms with E-state index < -0.39 is 17.6 Å². The zero-order valence-electron chi connectivity index (χ0n) is 14.5. The van der Waals surface area contributed by atoms with E-state index in [9.17, 15) is 14.7 Å². The second-order valence-electron chi connectivity index (χ2n) is 9.62. The van der Waals surface area contributed by atoms with Crippen LogP contribution in [0.3, 0.4) is 0 Å². The Bertz CT molecular complexity index is 683. The van der Waals surface area contributed by atoms with Crippen LogP contribution in [0.25, 0.3) is 0 Å². The van der Waals surface area contributed by atoms with Crippen molar-refractivity contribution in [3.8, 4) is 0 Å². The van der Waals surface area contributed by atoms with Gasteiger partial charge in [0.05, 0.1) is 11.5 Å². The molecule has 0 aromatic heterocycles. The van der Waals surface area contributed by atoms with Crippen LogP contribution in [0.2, 0.25) is 0 Å².